The van der Waals surface area contributed by atoms with Crippen molar-refractivity contribution in [2.45, 2.75) is 30.3 Å². The summed E-state index contributed by atoms with van der Waals surface area (Å²) in [6, 6.07) is 1.59. The van der Waals surface area contributed by atoms with Crippen LogP contribution in [-0.4, -0.2) is 85.5 Å². The molecule has 0 N–H and O–H groups in total. The second-order valence-electron chi connectivity index (χ2n) is 6.91. The second kappa shape index (κ2) is 5.76. The minimum absolute atomic E-state index is 0.238. The number of amides is 1. The molecule has 1 amide bonds. The van der Waals surface area contributed by atoms with Crippen LogP contribution in [0.1, 0.15) is 22.7 Å². The molecule has 1 aromatic rings. The zero-order chi connectivity index (χ0) is 17.8. The second-order valence-corrected chi connectivity index (χ2v) is 9.02. The van der Waals surface area contributed by atoms with E-state index in [1.165, 1.54) is 11.4 Å². The topological polar surface area (TPSA) is 102 Å². The number of hydrogen-bond donors (Lipinski definition) is 0. The molecule has 4 rings (SSSR count). The van der Waals surface area contributed by atoms with Crippen molar-refractivity contribution < 1.29 is 27.2 Å². The van der Waals surface area contributed by atoms with Crippen molar-refractivity contribution in [1.82, 2.24) is 14.4 Å². The first kappa shape index (κ1) is 17.0. The molecule has 1 aromatic heterocycles. The van der Waals surface area contributed by atoms with Gasteiger partial charge in [0.05, 0.1) is 19.3 Å². The number of aryl methyl sites for hydroxylation is 1. The van der Waals surface area contributed by atoms with Crippen molar-refractivity contribution in [1.29, 1.82) is 0 Å². The lowest BCUT2D eigenvalue weighted by molar-refractivity contribution is -0.0982. The number of nitrogens with zero attached hydrogens (tertiary/aromatic N) is 3. The maximum absolute atomic E-state index is 12.8. The van der Waals surface area contributed by atoms with Gasteiger partial charge in [0.15, 0.2) is 5.69 Å². The number of rotatable bonds is 4. The molecule has 3 fully saturated rings. The van der Waals surface area contributed by atoms with Crippen molar-refractivity contribution in [2.75, 3.05) is 39.9 Å². The van der Waals surface area contributed by atoms with Gasteiger partial charge in [-0.3, -0.25) is 4.79 Å². The van der Waals surface area contributed by atoms with E-state index < -0.39 is 20.9 Å². The standard InChI is InChI=1S/C15H21N3O6S/c1-10-5-12(16-24-10)14(19)17-7-11-6-13-15(8-17,23-11)9-18(3-4-22-2)25(13,20)21/h5,11,13H,3-4,6-9H2,1-2H3/t11-,13+,15+/m0/s1. The molecule has 0 unspecified atom stereocenters. The number of fused-ring (bicyclic) bond motifs is 1. The first-order valence-corrected chi connectivity index (χ1v) is 9.74. The summed E-state index contributed by atoms with van der Waals surface area (Å²) in [6.45, 7) is 3.20. The molecule has 0 saturated carbocycles. The summed E-state index contributed by atoms with van der Waals surface area (Å²) >= 11 is 0. The molecule has 4 heterocycles. The highest BCUT2D eigenvalue weighted by Gasteiger charge is 2.65. The summed E-state index contributed by atoms with van der Waals surface area (Å²) in [5, 5.41) is 3.16. The summed E-state index contributed by atoms with van der Waals surface area (Å²) in [5.74, 6) is 0.308. The Morgan fingerprint density at radius 1 is 1.48 bits per heavy atom. The average molecular weight is 371 g/mol. The molecule has 10 heteroatoms. The smallest absolute Gasteiger partial charge is 0.276 e. The minimum Gasteiger partial charge on any atom is -0.383 e. The van der Waals surface area contributed by atoms with Crippen molar-refractivity contribution >= 4 is 15.9 Å². The van der Waals surface area contributed by atoms with Crippen LogP contribution in [0.5, 0.6) is 0 Å². The SMILES string of the molecule is COCCN1C[C@]23CN(C(=O)c4cc(C)on4)C[C@H](C[C@H]2S1(=O)=O)O3. The first-order chi connectivity index (χ1) is 11.9. The van der Waals surface area contributed by atoms with Crippen LogP contribution in [0.2, 0.25) is 0 Å². The lowest BCUT2D eigenvalue weighted by Crippen LogP contribution is -2.56. The van der Waals surface area contributed by atoms with Gasteiger partial charge in [0, 0.05) is 32.8 Å². The number of aromatic nitrogens is 1. The number of methoxy groups -OCH3 is 1. The Morgan fingerprint density at radius 3 is 2.96 bits per heavy atom. The average Bonchev–Trinajstić information content (AvgIpc) is 3.16. The van der Waals surface area contributed by atoms with Gasteiger partial charge in [0.25, 0.3) is 5.91 Å². The minimum atomic E-state index is -3.45. The number of hydrogen-bond acceptors (Lipinski definition) is 7. The molecular weight excluding hydrogens is 350 g/mol. The largest absolute Gasteiger partial charge is 0.383 e. The van der Waals surface area contributed by atoms with Gasteiger partial charge in [0.1, 0.15) is 16.6 Å². The van der Waals surface area contributed by atoms with Crippen molar-refractivity contribution in [3.05, 3.63) is 17.5 Å². The highest BCUT2D eigenvalue weighted by atomic mass is 32.2. The van der Waals surface area contributed by atoms with Crippen LogP contribution >= 0.6 is 0 Å². The van der Waals surface area contributed by atoms with Gasteiger partial charge in [-0.1, -0.05) is 5.16 Å². The van der Waals surface area contributed by atoms with E-state index in [1.807, 2.05) is 0 Å². The maximum atomic E-state index is 12.8. The third-order valence-electron chi connectivity index (χ3n) is 5.19. The highest BCUT2D eigenvalue weighted by Crippen LogP contribution is 2.46. The third kappa shape index (κ3) is 2.59. The maximum Gasteiger partial charge on any atom is 0.276 e. The number of carbonyl (C=O) groups excluding carboxylic acids is 1. The van der Waals surface area contributed by atoms with E-state index in [2.05, 4.69) is 5.16 Å². The molecule has 2 bridgehead atoms. The van der Waals surface area contributed by atoms with Gasteiger partial charge in [-0.15, -0.1) is 0 Å². The molecule has 3 aliphatic rings. The fourth-order valence-electron chi connectivity index (χ4n) is 4.13. The van der Waals surface area contributed by atoms with Crippen LogP contribution in [-0.2, 0) is 19.5 Å². The van der Waals surface area contributed by atoms with E-state index in [-0.39, 0.29) is 30.8 Å². The summed E-state index contributed by atoms with van der Waals surface area (Å²) < 4.78 is 43.1. The normalized spacial score (nSPS) is 33.6. The van der Waals surface area contributed by atoms with E-state index in [4.69, 9.17) is 14.0 Å². The Kier molecular flexibility index (Phi) is 3.91. The predicted octanol–water partition coefficient (Wildman–Crippen LogP) is -0.373. The molecule has 3 aliphatic heterocycles. The Morgan fingerprint density at radius 2 is 2.28 bits per heavy atom. The molecule has 3 atom stereocenters. The van der Waals surface area contributed by atoms with Crippen molar-refractivity contribution in [2.24, 2.45) is 0 Å². The van der Waals surface area contributed by atoms with Crippen LogP contribution in [0.25, 0.3) is 0 Å². The Hall–Kier alpha value is -1.49. The van der Waals surface area contributed by atoms with E-state index in [9.17, 15) is 13.2 Å². The molecule has 9 nitrogen and oxygen atoms in total. The number of ether oxygens (including phenoxy) is 2. The van der Waals surface area contributed by atoms with E-state index in [1.54, 1.807) is 17.9 Å². The fourth-order valence-corrected chi connectivity index (χ4v) is 6.42. The summed E-state index contributed by atoms with van der Waals surface area (Å²) in [4.78, 5) is 14.3. The molecule has 25 heavy (non-hydrogen) atoms. The van der Waals surface area contributed by atoms with Gasteiger partial charge < -0.3 is 18.9 Å². The quantitative estimate of drug-likeness (QED) is 0.711. The third-order valence-corrected chi connectivity index (χ3v) is 7.56. The number of morpholine rings is 1. The number of carbonyl (C=O) groups is 1. The Balaban J connectivity index is 1.58. The zero-order valence-electron chi connectivity index (χ0n) is 14.2. The molecule has 0 aliphatic carbocycles. The Bertz CT molecular complexity index is 793. The summed E-state index contributed by atoms with van der Waals surface area (Å²) in [6.07, 6.45) is 0.142. The van der Waals surface area contributed by atoms with Crippen LogP contribution in [0.15, 0.2) is 10.6 Å². The van der Waals surface area contributed by atoms with Gasteiger partial charge >= 0.3 is 0 Å². The number of sulfonamides is 1. The molecule has 0 radical (unpaired) electrons. The lowest BCUT2D eigenvalue weighted by Gasteiger charge is -2.39. The fraction of sp³-hybridized carbons (Fsp3) is 0.733. The van der Waals surface area contributed by atoms with Crippen LogP contribution in [0.4, 0.5) is 0 Å². The van der Waals surface area contributed by atoms with E-state index in [0.29, 0.717) is 31.9 Å². The molecule has 3 saturated heterocycles. The first-order valence-electron chi connectivity index (χ1n) is 8.24. The van der Waals surface area contributed by atoms with Crippen molar-refractivity contribution in [3.63, 3.8) is 0 Å². The molecule has 138 valence electrons. The van der Waals surface area contributed by atoms with Gasteiger partial charge in [-0.2, -0.15) is 4.31 Å². The van der Waals surface area contributed by atoms with Gasteiger partial charge in [-0.05, 0) is 13.3 Å². The molecule has 1 spiro atoms. The zero-order valence-corrected chi connectivity index (χ0v) is 15.0. The van der Waals surface area contributed by atoms with E-state index >= 15 is 0 Å². The Labute approximate surface area is 145 Å². The molecular formula is C15H21N3O6S. The highest BCUT2D eigenvalue weighted by molar-refractivity contribution is 7.90. The monoisotopic (exact) mass is 371 g/mol. The van der Waals surface area contributed by atoms with Crippen LogP contribution < -0.4 is 0 Å². The number of likely N-dealkylation sites (tertiary alicyclic amines) is 1. The summed E-state index contributed by atoms with van der Waals surface area (Å²) in [5.41, 5.74) is -0.631. The van der Waals surface area contributed by atoms with E-state index in [0.717, 1.165) is 0 Å². The van der Waals surface area contributed by atoms with Crippen molar-refractivity contribution in [3.8, 4) is 0 Å². The van der Waals surface area contributed by atoms with Gasteiger partial charge in [-0.25, -0.2) is 8.42 Å². The lowest BCUT2D eigenvalue weighted by atomic mass is 9.99. The molecule has 0 aromatic carbocycles. The van der Waals surface area contributed by atoms with Crippen LogP contribution in [0.3, 0.4) is 0 Å². The van der Waals surface area contributed by atoms with Crippen LogP contribution in [0, 0.1) is 6.92 Å². The summed E-state index contributed by atoms with van der Waals surface area (Å²) in [7, 11) is -1.92. The van der Waals surface area contributed by atoms with Gasteiger partial charge in [0.2, 0.25) is 10.0 Å². The predicted molar refractivity (Wildman–Crippen MR) is 85.5 cm³/mol.